The van der Waals surface area contributed by atoms with E-state index in [9.17, 15) is 4.39 Å². The number of anilines is 2. The standard InChI is InChI=1S/C20H15FN4O/c1-26-18-11-10-15(12-22-18)23-20-17-5-3-2-4-16(17)19(24-25-20)13-6-8-14(21)9-7-13/h2-12H,1H3,(H,23,25). The lowest BCUT2D eigenvalue weighted by Gasteiger charge is -2.11. The number of nitrogens with one attached hydrogen (secondary N) is 1. The highest BCUT2D eigenvalue weighted by molar-refractivity contribution is 6.00. The van der Waals surface area contributed by atoms with Crippen LogP contribution in [0.25, 0.3) is 22.0 Å². The van der Waals surface area contributed by atoms with Crippen LogP contribution >= 0.6 is 0 Å². The van der Waals surface area contributed by atoms with Crippen molar-refractivity contribution in [2.24, 2.45) is 0 Å². The van der Waals surface area contributed by atoms with E-state index in [4.69, 9.17) is 4.74 Å². The van der Waals surface area contributed by atoms with Gasteiger partial charge in [-0.05, 0) is 30.3 Å². The molecule has 0 aliphatic heterocycles. The smallest absolute Gasteiger partial charge is 0.213 e. The van der Waals surface area contributed by atoms with Crippen LogP contribution in [0.2, 0.25) is 0 Å². The van der Waals surface area contributed by atoms with Gasteiger partial charge in [-0.2, -0.15) is 0 Å². The number of hydrogen-bond acceptors (Lipinski definition) is 5. The average molecular weight is 346 g/mol. The molecule has 5 nitrogen and oxygen atoms in total. The first-order chi connectivity index (χ1) is 12.7. The molecule has 2 heterocycles. The van der Waals surface area contributed by atoms with Crippen molar-refractivity contribution in [1.29, 1.82) is 0 Å². The third-order valence-corrected chi connectivity index (χ3v) is 4.01. The van der Waals surface area contributed by atoms with Crippen molar-refractivity contribution in [1.82, 2.24) is 15.2 Å². The van der Waals surface area contributed by atoms with Crippen molar-refractivity contribution < 1.29 is 9.13 Å². The third kappa shape index (κ3) is 3.04. The predicted molar refractivity (Wildman–Crippen MR) is 99.0 cm³/mol. The minimum absolute atomic E-state index is 0.281. The molecule has 0 aliphatic carbocycles. The average Bonchev–Trinajstić information content (AvgIpc) is 2.70. The Morgan fingerprint density at radius 3 is 2.35 bits per heavy atom. The van der Waals surface area contributed by atoms with Gasteiger partial charge in [-0.3, -0.25) is 0 Å². The van der Waals surface area contributed by atoms with Crippen LogP contribution in [0.15, 0.2) is 66.9 Å². The number of benzene rings is 2. The lowest BCUT2D eigenvalue weighted by atomic mass is 10.0. The van der Waals surface area contributed by atoms with E-state index >= 15 is 0 Å². The maximum atomic E-state index is 13.2. The predicted octanol–water partition coefficient (Wildman–Crippen LogP) is 4.58. The van der Waals surface area contributed by atoms with Crippen LogP contribution in [-0.2, 0) is 0 Å². The van der Waals surface area contributed by atoms with Crippen molar-refractivity contribution >= 4 is 22.3 Å². The van der Waals surface area contributed by atoms with Gasteiger partial charge >= 0.3 is 0 Å². The lowest BCUT2D eigenvalue weighted by molar-refractivity contribution is 0.398. The zero-order valence-corrected chi connectivity index (χ0v) is 14.0. The number of rotatable bonds is 4. The van der Waals surface area contributed by atoms with E-state index in [0.717, 1.165) is 22.0 Å². The number of pyridine rings is 1. The number of halogens is 1. The van der Waals surface area contributed by atoms with Crippen molar-refractivity contribution in [3.63, 3.8) is 0 Å². The normalized spacial score (nSPS) is 10.7. The summed E-state index contributed by atoms with van der Waals surface area (Å²) in [5, 5.41) is 13.8. The molecule has 4 aromatic rings. The van der Waals surface area contributed by atoms with Crippen LogP contribution < -0.4 is 10.1 Å². The summed E-state index contributed by atoms with van der Waals surface area (Å²) >= 11 is 0. The third-order valence-electron chi connectivity index (χ3n) is 4.01. The van der Waals surface area contributed by atoms with Crippen molar-refractivity contribution in [2.75, 3.05) is 12.4 Å². The minimum atomic E-state index is -0.281. The summed E-state index contributed by atoms with van der Waals surface area (Å²) in [7, 11) is 1.57. The molecule has 0 unspecified atom stereocenters. The van der Waals surface area contributed by atoms with Gasteiger partial charge in [0.05, 0.1) is 19.0 Å². The molecule has 0 bridgehead atoms. The van der Waals surface area contributed by atoms with E-state index in [-0.39, 0.29) is 5.82 Å². The Bertz CT molecular complexity index is 1050. The Labute approximate surface area is 149 Å². The Hall–Kier alpha value is -3.54. The maximum Gasteiger partial charge on any atom is 0.213 e. The van der Waals surface area contributed by atoms with Crippen LogP contribution in [0.4, 0.5) is 15.9 Å². The van der Waals surface area contributed by atoms with E-state index < -0.39 is 0 Å². The van der Waals surface area contributed by atoms with Gasteiger partial charge in [0.1, 0.15) is 11.5 Å². The molecule has 26 heavy (non-hydrogen) atoms. The molecular formula is C20H15FN4O. The van der Waals surface area contributed by atoms with E-state index in [1.807, 2.05) is 30.3 Å². The summed E-state index contributed by atoms with van der Waals surface area (Å²) in [5.41, 5.74) is 2.30. The maximum absolute atomic E-state index is 13.2. The molecule has 4 rings (SSSR count). The molecular weight excluding hydrogens is 331 g/mol. The van der Waals surface area contributed by atoms with Crippen LogP contribution in [0.1, 0.15) is 0 Å². The highest BCUT2D eigenvalue weighted by atomic mass is 19.1. The van der Waals surface area contributed by atoms with Crippen LogP contribution in [0.5, 0.6) is 5.88 Å². The highest BCUT2D eigenvalue weighted by Gasteiger charge is 2.11. The topological polar surface area (TPSA) is 59.9 Å². The molecule has 0 saturated carbocycles. The fourth-order valence-corrected chi connectivity index (χ4v) is 2.73. The fourth-order valence-electron chi connectivity index (χ4n) is 2.73. The van der Waals surface area contributed by atoms with Crippen molar-refractivity contribution in [2.45, 2.75) is 0 Å². The number of methoxy groups -OCH3 is 1. The zero-order valence-electron chi connectivity index (χ0n) is 14.0. The van der Waals surface area contributed by atoms with E-state index in [2.05, 4.69) is 20.5 Å². The number of ether oxygens (including phenoxy) is 1. The van der Waals surface area contributed by atoms with Crippen molar-refractivity contribution in [3.05, 3.63) is 72.7 Å². The van der Waals surface area contributed by atoms with Crippen LogP contribution in [0, 0.1) is 5.82 Å². The first kappa shape index (κ1) is 16.0. The summed E-state index contributed by atoms with van der Waals surface area (Å²) in [4.78, 5) is 4.18. The highest BCUT2D eigenvalue weighted by Crippen LogP contribution is 2.31. The van der Waals surface area contributed by atoms with Gasteiger partial charge in [0.15, 0.2) is 5.82 Å². The first-order valence-electron chi connectivity index (χ1n) is 8.03. The fraction of sp³-hybridized carbons (Fsp3) is 0.0500. The molecule has 2 aromatic carbocycles. The second-order valence-corrected chi connectivity index (χ2v) is 5.66. The molecule has 2 aromatic heterocycles. The second kappa shape index (κ2) is 6.76. The second-order valence-electron chi connectivity index (χ2n) is 5.66. The Morgan fingerprint density at radius 2 is 1.65 bits per heavy atom. The van der Waals surface area contributed by atoms with Gasteiger partial charge in [0.25, 0.3) is 0 Å². The molecule has 0 fully saturated rings. The molecule has 0 atom stereocenters. The zero-order chi connectivity index (χ0) is 17.9. The Balaban J connectivity index is 1.77. The van der Waals surface area contributed by atoms with Gasteiger partial charge in [0.2, 0.25) is 5.88 Å². The molecule has 0 spiro atoms. The molecule has 0 radical (unpaired) electrons. The van der Waals surface area contributed by atoms with E-state index in [1.165, 1.54) is 12.1 Å². The summed E-state index contributed by atoms with van der Waals surface area (Å²) in [6.07, 6.45) is 1.67. The van der Waals surface area contributed by atoms with Gasteiger partial charge < -0.3 is 10.1 Å². The Morgan fingerprint density at radius 1 is 0.885 bits per heavy atom. The summed E-state index contributed by atoms with van der Waals surface area (Å²) in [6, 6.07) is 17.7. The quantitative estimate of drug-likeness (QED) is 0.586. The molecule has 1 N–H and O–H groups in total. The summed E-state index contributed by atoms with van der Waals surface area (Å²) < 4.78 is 18.3. The SMILES string of the molecule is COc1ccc(Nc2nnc(-c3ccc(F)cc3)c3ccccc23)cn1. The number of hydrogen-bond donors (Lipinski definition) is 1. The molecule has 128 valence electrons. The van der Waals surface area contributed by atoms with E-state index in [0.29, 0.717) is 17.4 Å². The summed E-state index contributed by atoms with van der Waals surface area (Å²) in [5.74, 6) is 0.882. The van der Waals surface area contributed by atoms with Crippen LogP contribution in [0.3, 0.4) is 0 Å². The lowest BCUT2D eigenvalue weighted by Crippen LogP contribution is -2.00. The molecule has 0 amide bonds. The Kier molecular flexibility index (Phi) is 4.15. The minimum Gasteiger partial charge on any atom is -0.481 e. The summed E-state index contributed by atoms with van der Waals surface area (Å²) in [6.45, 7) is 0. The number of fused-ring (bicyclic) bond motifs is 1. The molecule has 6 heteroatoms. The number of nitrogens with zero attached hydrogens (tertiary/aromatic N) is 3. The molecule has 0 saturated heterocycles. The van der Waals surface area contributed by atoms with Crippen LogP contribution in [-0.4, -0.2) is 22.3 Å². The van der Waals surface area contributed by atoms with Gasteiger partial charge in [-0.1, -0.05) is 24.3 Å². The monoisotopic (exact) mass is 346 g/mol. The van der Waals surface area contributed by atoms with Gasteiger partial charge in [-0.15, -0.1) is 10.2 Å². The van der Waals surface area contributed by atoms with Gasteiger partial charge in [-0.25, -0.2) is 9.37 Å². The van der Waals surface area contributed by atoms with Gasteiger partial charge in [0, 0.05) is 22.4 Å². The van der Waals surface area contributed by atoms with E-state index in [1.54, 1.807) is 31.5 Å². The first-order valence-corrected chi connectivity index (χ1v) is 8.03. The largest absolute Gasteiger partial charge is 0.481 e. The molecule has 0 aliphatic rings. The number of aromatic nitrogens is 3. The van der Waals surface area contributed by atoms with Crippen molar-refractivity contribution in [3.8, 4) is 17.1 Å².